The number of benzene rings is 1. The van der Waals surface area contributed by atoms with Gasteiger partial charge in [0, 0.05) is 23.1 Å². The Bertz CT molecular complexity index is 772. The predicted octanol–water partition coefficient (Wildman–Crippen LogP) is 5.73. The normalized spacial score (nSPS) is 22.2. The van der Waals surface area contributed by atoms with Crippen LogP contribution in [-0.4, -0.2) is 29.7 Å². The van der Waals surface area contributed by atoms with Gasteiger partial charge in [-0.1, -0.05) is 13.8 Å². The van der Waals surface area contributed by atoms with Crippen LogP contribution < -0.4 is 4.74 Å². The zero-order valence-electron chi connectivity index (χ0n) is 16.7. The molecular weight excluding hydrogens is 344 g/mol. The molecule has 0 aliphatic carbocycles. The number of hydrogen-bond acceptors (Lipinski definition) is 2. The Morgan fingerprint density at radius 1 is 1.12 bits per heavy atom. The second-order valence-electron chi connectivity index (χ2n) is 8.01. The Hall–Kier alpha value is -1.19. The summed E-state index contributed by atoms with van der Waals surface area (Å²) in [6.07, 6.45) is 6.55. The van der Waals surface area contributed by atoms with Gasteiger partial charge in [-0.25, -0.2) is 0 Å². The first kappa shape index (κ1) is 19.6. The smallest absolute Gasteiger partial charge is 0.119 e. The minimum atomic E-state index is 0. The standard InChI is InChI=1S/C22H32N2O.ClH/c1-5-22(6-2)11-14-24-19-10-9-17(25-4)15-18(19)16(3)20(24)21(22)23-12-7-8-13-23;/h9-10,15,21H,5-8,11-14H2,1-4H3;1H. The van der Waals surface area contributed by atoms with Crippen molar-refractivity contribution in [3.8, 4) is 5.75 Å². The lowest BCUT2D eigenvalue weighted by atomic mass is 9.69. The molecule has 1 atom stereocenters. The van der Waals surface area contributed by atoms with E-state index in [0.717, 1.165) is 12.3 Å². The minimum Gasteiger partial charge on any atom is -0.497 e. The van der Waals surface area contributed by atoms with Gasteiger partial charge in [0.15, 0.2) is 0 Å². The highest BCUT2D eigenvalue weighted by Crippen LogP contribution is 2.53. The molecule has 1 aromatic carbocycles. The summed E-state index contributed by atoms with van der Waals surface area (Å²) >= 11 is 0. The van der Waals surface area contributed by atoms with Crippen molar-refractivity contribution < 1.29 is 4.74 Å². The van der Waals surface area contributed by atoms with Crippen LogP contribution in [0.25, 0.3) is 10.9 Å². The first-order chi connectivity index (χ1) is 12.1. The number of methoxy groups -OCH3 is 1. The maximum Gasteiger partial charge on any atom is 0.119 e. The van der Waals surface area contributed by atoms with Gasteiger partial charge in [0.1, 0.15) is 5.75 Å². The van der Waals surface area contributed by atoms with E-state index in [0.29, 0.717) is 11.5 Å². The van der Waals surface area contributed by atoms with Crippen molar-refractivity contribution in [2.45, 2.75) is 65.5 Å². The van der Waals surface area contributed by atoms with Crippen LogP contribution in [0.3, 0.4) is 0 Å². The van der Waals surface area contributed by atoms with Crippen molar-refractivity contribution in [1.82, 2.24) is 9.47 Å². The van der Waals surface area contributed by atoms with Gasteiger partial charge in [0.05, 0.1) is 13.2 Å². The van der Waals surface area contributed by atoms with Crippen molar-refractivity contribution in [2.75, 3.05) is 20.2 Å². The maximum atomic E-state index is 5.50. The van der Waals surface area contributed by atoms with E-state index in [2.05, 4.69) is 48.4 Å². The Labute approximate surface area is 164 Å². The molecule has 0 N–H and O–H groups in total. The number of nitrogens with zero attached hydrogens (tertiary/aromatic N) is 2. The lowest BCUT2D eigenvalue weighted by Gasteiger charge is -2.48. The van der Waals surface area contributed by atoms with Gasteiger partial charge in [0.2, 0.25) is 0 Å². The third-order valence-corrected chi connectivity index (χ3v) is 7.16. The monoisotopic (exact) mass is 376 g/mol. The number of halogens is 1. The van der Waals surface area contributed by atoms with Gasteiger partial charge >= 0.3 is 0 Å². The van der Waals surface area contributed by atoms with Gasteiger partial charge in [-0.15, -0.1) is 12.4 Å². The fourth-order valence-corrected chi connectivity index (χ4v) is 5.55. The second-order valence-corrected chi connectivity index (χ2v) is 8.01. The quantitative estimate of drug-likeness (QED) is 0.678. The highest BCUT2D eigenvalue weighted by Gasteiger charge is 2.46. The average molecular weight is 377 g/mol. The van der Waals surface area contributed by atoms with Gasteiger partial charge in [0.25, 0.3) is 0 Å². The summed E-state index contributed by atoms with van der Waals surface area (Å²) in [6.45, 7) is 10.8. The number of fused-ring (bicyclic) bond motifs is 3. The molecular formula is C22H33ClN2O. The summed E-state index contributed by atoms with van der Waals surface area (Å²) in [5, 5.41) is 1.38. The fraction of sp³-hybridized carbons (Fsp3) is 0.636. The number of likely N-dealkylation sites (tertiary alicyclic amines) is 1. The summed E-state index contributed by atoms with van der Waals surface area (Å²) in [5.41, 5.74) is 4.86. The third-order valence-electron chi connectivity index (χ3n) is 7.16. The van der Waals surface area contributed by atoms with Crippen molar-refractivity contribution in [2.24, 2.45) is 5.41 Å². The van der Waals surface area contributed by atoms with Crippen LogP contribution >= 0.6 is 12.4 Å². The molecule has 3 heterocycles. The van der Waals surface area contributed by atoms with Crippen LogP contribution in [0.5, 0.6) is 5.75 Å². The van der Waals surface area contributed by atoms with Crippen molar-refractivity contribution in [3.63, 3.8) is 0 Å². The lowest BCUT2D eigenvalue weighted by Crippen LogP contribution is -2.44. The molecule has 1 fully saturated rings. The Morgan fingerprint density at radius 2 is 1.81 bits per heavy atom. The zero-order chi connectivity index (χ0) is 17.6. The number of aryl methyl sites for hydroxylation is 2. The first-order valence-electron chi connectivity index (χ1n) is 10.1. The summed E-state index contributed by atoms with van der Waals surface area (Å²) in [7, 11) is 1.76. The number of rotatable bonds is 4. The number of hydrogen-bond donors (Lipinski definition) is 0. The lowest BCUT2D eigenvalue weighted by molar-refractivity contribution is 0.0350. The summed E-state index contributed by atoms with van der Waals surface area (Å²) in [5.74, 6) is 0.966. The fourth-order valence-electron chi connectivity index (χ4n) is 5.55. The summed E-state index contributed by atoms with van der Waals surface area (Å²) in [4.78, 5) is 2.79. The van der Waals surface area contributed by atoms with E-state index in [-0.39, 0.29) is 12.4 Å². The van der Waals surface area contributed by atoms with Crippen LogP contribution in [0.15, 0.2) is 18.2 Å². The molecule has 1 unspecified atom stereocenters. The molecule has 0 radical (unpaired) electrons. The van der Waals surface area contributed by atoms with Crippen LogP contribution in [-0.2, 0) is 6.54 Å². The summed E-state index contributed by atoms with van der Waals surface area (Å²) < 4.78 is 8.12. The number of ether oxygens (including phenoxy) is 1. The summed E-state index contributed by atoms with van der Waals surface area (Å²) in [6, 6.07) is 7.17. The van der Waals surface area contributed by atoms with Crippen LogP contribution in [0.2, 0.25) is 0 Å². The molecule has 0 spiro atoms. The maximum absolute atomic E-state index is 5.50. The van der Waals surface area contributed by atoms with Crippen molar-refractivity contribution in [1.29, 1.82) is 0 Å². The molecule has 26 heavy (non-hydrogen) atoms. The third kappa shape index (κ3) is 2.75. The molecule has 2 aliphatic heterocycles. The van der Waals surface area contributed by atoms with Gasteiger partial charge < -0.3 is 9.30 Å². The van der Waals surface area contributed by atoms with E-state index in [1.54, 1.807) is 12.8 Å². The highest BCUT2D eigenvalue weighted by atomic mass is 35.5. The molecule has 2 aromatic rings. The molecule has 3 nitrogen and oxygen atoms in total. The Balaban J connectivity index is 0.00000196. The van der Waals surface area contributed by atoms with Crippen molar-refractivity contribution >= 4 is 23.3 Å². The average Bonchev–Trinajstić information content (AvgIpc) is 3.28. The zero-order valence-corrected chi connectivity index (χ0v) is 17.5. The van der Waals surface area contributed by atoms with Crippen LogP contribution in [0.4, 0.5) is 0 Å². The molecule has 1 aromatic heterocycles. The van der Waals surface area contributed by atoms with Crippen molar-refractivity contribution in [3.05, 3.63) is 29.5 Å². The predicted molar refractivity (Wildman–Crippen MR) is 112 cm³/mol. The molecule has 144 valence electrons. The van der Waals surface area contributed by atoms with Gasteiger partial charge in [-0.2, -0.15) is 0 Å². The minimum absolute atomic E-state index is 0. The topological polar surface area (TPSA) is 17.4 Å². The van der Waals surface area contributed by atoms with Crippen LogP contribution in [0.1, 0.15) is 63.3 Å². The first-order valence-corrected chi connectivity index (χ1v) is 10.1. The molecule has 4 rings (SSSR count). The largest absolute Gasteiger partial charge is 0.497 e. The van der Waals surface area contributed by atoms with E-state index < -0.39 is 0 Å². The van der Waals surface area contributed by atoms with E-state index in [1.165, 1.54) is 61.7 Å². The molecule has 0 saturated carbocycles. The van der Waals surface area contributed by atoms with E-state index in [9.17, 15) is 0 Å². The Kier molecular flexibility index (Phi) is 5.60. The number of aromatic nitrogens is 1. The van der Waals surface area contributed by atoms with Crippen LogP contribution in [0, 0.1) is 12.3 Å². The van der Waals surface area contributed by atoms with E-state index >= 15 is 0 Å². The van der Waals surface area contributed by atoms with E-state index in [1.807, 2.05) is 0 Å². The molecule has 4 heteroatoms. The SMILES string of the molecule is CCC1(CC)CCn2c(c(C)c3cc(OC)ccc32)C1N1CCCC1.Cl. The highest BCUT2D eigenvalue weighted by molar-refractivity contribution is 5.87. The van der Waals surface area contributed by atoms with E-state index in [4.69, 9.17) is 4.74 Å². The molecule has 0 bridgehead atoms. The van der Waals surface area contributed by atoms with Gasteiger partial charge in [-0.3, -0.25) is 4.90 Å². The Morgan fingerprint density at radius 3 is 2.42 bits per heavy atom. The molecule has 2 aliphatic rings. The molecule has 0 amide bonds. The second kappa shape index (κ2) is 7.44. The molecule has 1 saturated heterocycles. The van der Waals surface area contributed by atoms with Gasteiger partial charge in [-0.05, 0) is 81.3 Å².